The van der Waals surface area contributed by atoms with Crippen LogP contribution in [0, 0.1) is 10.1 Å². The van der Waals surface area contributed by atoms with E-state index in [1.54, 1.807) is 18.2 Å². The first-order valence-corrected chi connectivity index (χ1v) is 8.42. The number of ether oxygens (including phenoxy) is 3. The summed E-state index contributed by atoms with van der Waals surface area (Å²) in [4.78, 5) is 22.5. The second-order valence-corrected chi connectivity index (χ2v) is 6.06. The monoisotopic (exact) mass is 436 g/mol. The van der Waals surface area contributed by atoms with E-state index in [-0.39, 0.29) is 11.4 Å². The number of halogens is 1. The van der Waals surface area contributed by atoms with Crippen LogP contribution < -0.4 is 19.5 Å². The van der Waals surface area contributed by atoms with Gasteiger partial charge in [0.1, 0.15) is 5.75 Å². The number of benzene rings is 2. The Bertz CT molecular complexity index is 898. The SMILES string of the molecule is COc1cc([N+](=O)[O-])ccc1NC(=O)/C=C/c1cc(Br)c(OC)c(OC)c1. The van der Waals surface area contributed by atoms with Crippen LogP contribution in [-0.2, 0) is 4.79 Å². The van der Waals surface area contributed by atoms with Crippen molar-refractivity contribution in [2.45, 2.75) is 0 Å². The number of hydrogen-bond donors (Lipinski definition) is 1. The van der Waals surface area contributed by atoms with Crippen LogP contribution in [0.25, 0.3) is 6.08 Å². The molecule has 27 heavy (non-hydrogen) atoms. The van der Waals surface area contributed by atoms with Crippen LogP contribution in [0.15, 0.2) is 40.9 Å². The predicted molar refractivity (Wildman–Crippen MR) is 105 cm³/mol. The van der Waals surface area contributed by atoms with Crippen molar-refractivity contribution in [3.8, 4) is 17.2 Å². The van der Waals surface area contributed by atoms with Gasteiger partial charge in [-0.05, 0) is 45.8 Å². The number of anilines is 1. The van der Waals surface area contributed by atoms with E-state index in [1.807, 2.05) is 0 Å². The number of nitrogens with one attached hydrogen (secondary N) is 1. The minimum Gasteiger partial charge on any atom is -0.494 e. The summed E-state index contributed by atoms with van der Waals surface area (Å²) in [5.74, 6) is 0.839. The smallest absolute Gasteiger partial charge is 0.273 e. The molecule has 0 radical (unpaired) electrons. The highest BCUT2D eigenvalue weighted by Gasteiger charge is 2.13. The highest BCUT2D eigenvalue weighted by molar-refractivity contribution is 9.10. The van der Waals surface area contributed by atoms with Crippen LogP contribution in [0.3, 0.4) is 0 Å². The summed E-state index contributed by atoms with van der Waals surface area (Å²) in [5, 5.41) is 13.4. The first kappa shape index (κ1) is 20.2. The van der Waals surface area contributed by atoms with Crippen molar-refractivity contribution in [3.05, 3.63) is 56.6 Å². The van der Waals surface area contributed by atoms with Crippen LogP contribution in [-0.4, -0.2) is 32.2 Å². The highest BCUT2D eigenvalue weighted by atomic mass is 79.9. The second kappa shape index (κ2) is 9.04. The third-order valence-corrected chi connectivity index (χ3v) is 4.13. The largest absolute Gasteiger partial charge is 0.494 e. The summed E-state index contributed by atoms with van der Waals surface area (Å²) >= 11 is 3.39. The molecule has 0 aliphatic rings. The van der Waals surface area contributed by atoms with Gasteiger partial charge in [0.2, 0.25) is 5.91 Å². The summed E-state index contributed by atoms with van der Waals surface area (Å²) in [6.07, 6.45) is 2.93. The first-order valence-electron chi connectivity index (χ1n) is 7.62. The van der Waals surface area contributed by atoms with E-state index in [2.05, 4.69) is 21.2 Å². The highest BCUT2D eigenvalue weighted by Crippen LogP contribution is 2.36. The number of nitro groups is 1. The van der Waals surface area contributed by atoms with E-state index < -0.39 is 10.8 Å². The van der Waals surface area contributed by atoms with Gasteiger partial charge in [0, 0.05) is 12.1 Å². The average molecular weight is 437 g/mol. The molecule has 142 valence electrons. The van der Waals surface area contributed by atoms with Crippen molar-refractivity contribution in [1.82, 2.24) is 0 Å². The van der Waals surface area contributed by atoms with Gasteiger partial charge < -0.3 is 19.5 Å². The number of nitrogens with zero attached hydrogens (tertiary/aromatic N) is 1. The molecule has 1 N–H and O–H groups in total. The molecule has 0 atom stereocenters. The van der Waals surface area contributed by atoms with Crippen LogP contribution in [0.5, 0.6) is 17.2 Å². The molecule has 0 aliphatic carbocycles. The van der Waals surface area contributed by atoms with Crippen LogP contribution in [0.4, 0.5) is 11.4 Å². The zero-order valence-electron chi connectivity index (χ0n) is 14.8. The van der Waals surface area contributed by atoms with E-state index in [0.29, 0.717) is 27.2 Å². The van der Waals surface area contributed by atoms with Gasteiger partial charge in [0.15, 0.2) is 11.5 Å². The molecule has 9 heteroatoms. The Hall–Kier alpha value is -3.07. The molecule has 0 aliphatic heterocycles. The van der Waals surface area contributed by atoms with Gasteiger partial charge in [-0.15, -0.1) is 0 Å². The first-order chi connectivity index (χ1) is 12.9. The molecule has 0 heterocycles. The Labute approximate surface area is 164 Å². The zero-order valence-corrected chi connectivity index (χ0v) is 16.4. The number of methoxy groups -OCH3 is 3. The van der Waals surface area contributed by atoms with E-state index >= 15 is 0 Å². The molecule has 0 fully saturated rings. The quantitative estimate of drug-likeness (QED) is 0.399. The number of nitro benzene ring substituents is 1. The van der Waals surface area contributed by atoms with Gasteiger partial charge in [0.25, 0.3) is 5.69 Å². The van der Waals surface area contributed by atoms with Crippen molar-refractivity contribution in [2.24, 2.45) is 0 Å². The lowest BCUT2D eigenvalue weighted by atomic mass is 10.2. The maximum absolute atomic E-state index is 12.2. The van der Waals surface area contributed by atoms with E-state index in [1.165, 1.54) is 45.6 Å². The maximum Gasteiger partial charge on any atom is 0.273 e. The summed E-state index contributed by atoms with van der Waals surface area (Å²) in [7, 11) is 4.42. The molecular weight excluding hydrogens is 420 g/mol. The third kappa shape index (κ3) is 4.98. The van der Waals surface area contributed by atoms with Gasteiger partial charge in [-0.1, -0.05) is 0 Å². The van der Waals surface area contributed by atoms with Gasteiger partial charge >= 0.3 is 0 Å². The van der Waals surface area contributed by atoms with Crippen molar-refractivity contribution in [1.29, 1.82) is 0 Å². The average Bonchev–Trinajstić information content (AvgIpc) is 2.65. The van der Waals surface area contributed by atoms with E-state index in [9.17, 15) is 14.9 Å². The summed E-state index contributed by atoms with van der Waals surface area (Å²) in [5.41, 5.74) is 0.909. The second-order valence-electron chi connectivity index (χ2n) is 5.20. The topological polar surface area (TPSA) is 99.9 Å². The standard InChI is InChI=1S/C18H17BrN2O6/c1-25-15-10-12(21(23)24)5-6-14(15)20-17(22)7-4-11-8-13(19)18(27-3)16(9-11)26-2/h4-10H,1-3H3,(H,20,22)/b7-4+. The van der Waals surface area contributed by atoms with Crippen molar-refractivity contribution < 1.29 is 23.9 Å². The van der Waals surface area contributed by atoms with Gasteiger partial charge in [-0.3, -0.25) is 14.9 Å². The molecule has 0 aromatic heterocycles. The Kier molecular flexibility index (Phi) is 6.78. The lowest BCUT2D eigenvalue weighted by Crippen LogP contribution is -2.09. The van der Waals surface area contributed by atoms with Crippen LogP contribution in [0.2, 0.25) is 0 Å². The number of rotatable bonds is 7. The number of carbonyl (C=O) groups excluding carboxylic acids is 1. The molecule has 8 nitrogen and oxygen atoms in total. The molecule has 2 aromatic rings. The van der Waals surface area contributed by atoms with Crippen molar-refractivity contribution >= 4 is 39.3 Å². The molecule has 1 amide bonds. The number of carbonyl (C=O) groups is 1. The minimum absolute atomic E-state index is 0.129. The lowest BCUT2D eigenvalue weighted by molar-refractivity contribution is -0.384. The Morgan fingerprint density at radius 1 is 1.11 bits per heavy atom. The fourth-order valence-electron chi connectivity index (χ4n) is 2.28. The molecule has 0 bridgehead atoms. The normalized spacial score (nSPS) is 10.5. The molecule has 0 saturated heterocycles. The lowest BCUT2D eigenvalue weighted by Gasteiger charge is -2.10. The number of non-ortho nitro benzene ring substituents is 1. The Morgan fingerprint density at radius 2 is 1.81 bits per heavy atom. The van der Waals surface area contributed by atoms with Gasteiger partial charge in [-0.2, -0.15) is 0 Å². The minimum atomic E-state index is -0.539. The summed E-state index contributed by atoms with van der Waals surface area (Å²) in [6.45, 7) is 0. The molecule has 2 aromatic carbocycles. The maximum atomic E-state index is 12.2. The molecule has 0 unspecified atom stereocenters. The zero-order chi connectivity index (χ0) is 20.0. The predicted octanol–water partition coefficient (Wildman–Crippen LogP) is 4.04. The molecular formula is C18H17BrN2O6. The fraction of sp³-hybridized carbons (Fsp3) is 0.167. The fourth-order valence-corrected chi connectivity index (χ4v) is 2.90. The van der Waals surface area contributed by atoms with Crippen LogP contribution >= 0.6 is 15.9 Å². The molecule has 2 rings (SSSR count). The molecule has 0 saturated carbocycles. The van der Waals surface area contributed by atoms with Crippen molar-refractivity contribution in [3.63, 3.8) is 0 Å². The van der Waals surface area contributed by atoms with Gasteiger partial charge in [-0.25, -0.2) is 0 Å². The number of hydrogen-bond acceptors (Lipinski definition) is 6. The summed E-state index contributed by atoms with van der Waals surface area (Å²) < 4.78 is 16.3. The number of amides is 1. The van der Waals surface area contributed by atoms with E-state index in [4.69, 9.17) is 14.2 Å². The van der Waals surface area contributed by atoms with E-state index in [0.717, 1.165) is 0 Å². The Balaban J connectivity index is 2.18. The van der Waals surface area contributed by atoms with Crippen LogP contribution in [0.1, 0.15) is 5.56 Å². The molecule has 0 spiro atoms. The van der Waals surface area contributed by atoms with Gasteiger partial charge in [0.05, 0.1) is 42.5 Å². The third-order valence-electron chi connectivity index (χ3n) is 3.54. The summed E-state index contributed by atoms with van der Waals surface area (Å²) in [6, 6.07) is 7.44. The van der Waals surface area contributed by atoms with Crippen molar-refractivity contribution in [2.75, 3.05) is 26.6 Å². The Morgan fingerprint density at radius 3 is 2.41 bits per heavy atom.